The second-order valence-electron chi connectivity index (χ2n) is 6.74. The van der Waals surface area contributed by atoms with Gasteiger partial charge in [0.1, 0.15) is 18.3 Å². The molecule has 2 heterocycles. The fourth-order valence-electron chi connectivity index (χ4n) is 3.77. The van der Waals surface area contributed by atoms with Crippen molar-refractivity contribution in [2.75, 3.05) is 18.0 Å². The molecule has 1 aromatic heterocycles. The molecule has 1 saturated carbocycles. The number of hydrogen-bond donors (Lipinski definition) is 3. The van der Waals surface area contributed by atoms with Gasteiger partial charge in [0.05, 0.1) is 11.8 Å². The van der Waals surface area contributed by atoms with Crippen molar-refractivity contribution in [2.45, 2.75) is 62.9 Å². The SMILES string of the molecule is OC1CC(Oc2nc(N3CCCC3)nc3c2CCC3)C(O)C1O. The molecular formula is C16H23N3O4. The van der Waals surface area contributed by atoms with Gasteiger partial charge in [-0.1, -0.05) is 0 Å². The third kappa shape index (κ3) is 2.66. The molecule has 0 bridgehead atoms. The van der Waals surface area contributed by atoms with Crippen molar-refractivity contribution in [3.8, 4) is 5.88 Å². The monoisotopic (exact) mass is 321 g/mol. The van der Waals surface area contributed by atoms with E-state index in [1.807, 2.05) is 0 Å². The Morgan fingerprint density at radius 3 is 2.43 bits per heavy atom. The van der Waals surface area contributed by atoms with Crippen LogP contribution in [0.3, 0.4) is 0 Å². The minimum atomic E-state index is -1.16. The van der Waals surface area contributed by atoms with E-state index in [0.717, 1.165) is 56.5 Å². The van der Waals surface area contributed by atoms with Crippen molar-refractivity contribution in [1.29, 1.82) is 0 Å². The van der Waals surface area contributed by atoms with Crippen LogP contribution >= 0.6 is 0 Å². The van der Waals surface area contributed by atoms with Crippen molar-refractivity contribution >= 4 is 5.95 Å². The molecule has 0 amide bonds. The van der Waals surface area contributed by atoms with Crippen LogP contribution in [0.15, 0.2) is 0 Å². The summed E-state index contributed by atoms with van der Waals surface area (Å²) in [5, 5.41) is 29.5. The highest BCUT2D eigenvalue weighted by atomic mass is 16.5. The lowest BCUT2D eigenvalue weighted by Crippen LogP contribution is -2.35. The molecule has 4 rings (SSSR count). The average molecular weight is 321 g/mol. The first-order valence-electron chi connectivity index (χ1n) is 8.49. The first kappa shape index (κ1) is 15.1. The van der Waals surface area contributed by atoms with E-state index in [1.54, 1.807) is 0 Å². The van der Waals surface area contributed by atoms with E-state index >= 15 is 0 Å². The number of aromatic nitrogens is 2. The van der Waals surface area contributed by atoms with Gasteiger partial charge in [0.25, 0.3) is 0 Å². The van der Waals surface area contributed by atoms with E-state index in [4.69, 9.17) is 9.72 Å². The molecule has 3 aliphatic rings. The van der Waals surface area contributed by atoms with Crippen LogP contribution in [0.25, 0.3) is 0 Å². The van der Waals surface area contributed by atoms with Gasteiger partial charge in [-0.05, 0) is 32.1 Å². The van der Waals surface area contributed by atoms with Gasteiger partial charge in [-0.3, -0.25) is 0 Å². The molecule has 126 valence electrons. The minimum absolute atomic E-state index is 0.208. The lowest BCUT2D eigenvalue weighted by atomic mass is 10.2. The molecule has 7 heteroatoms. The fourth-order valence-corrected chi connectivity index (χ4v) is 3.77. The maximum Gasteiger partial charge on any atom is 0.228 e. The summed E-state index contributed by atoms with van der Waals surface area (Å²) in [6, 6.07) is 0. The summed E-state index contributed by atoms with van der Waals surface area (Å²) in [5.41, 5.74) is 2.04. The second kappa shape index (κ2) is 5.89. The smallest absolute Gasteiger partial charge is 0.228 e. The Labute approximate surface area is 134 Å². The van der Waals surface area contributed by atoms with Crippen molar-refractivity contribution in [3.05, 3.63) is 11.3 Å². The predicted molar refractivity (Wildman–Crippen MR) is 82.6 cm³/mol. The second-order valence-corrected chi connectivity index (χ2v) is 6.74. The summed E-state index contributed by atoms with van der Waals surface area (Å²) in [6.07, 6.45) is 1.50. The van der Waals surface area contributed by atoms with E-state index in [1.165, 1.54) is 0 Å². The quantitative estimate of drug-likeness (QED) is 0.709. The van der Waals surface area contributed by atoms with Gasteiger partial charge in [0.15, 0.2) is 0 Å². The normalized spacial score (nSPS) is 33.3. The maximum atomic E-state index is 10.0. The number of aryl methyl sites for hydroxylation is 1. The highest BCUT2D eigenvalue weighted by Crippen LogP contribution is 2.33. The van der Waals surface area contributed by atoms with Crippen LogP contribution in [-0.2, 0) is 12.8 Å². The Morgan fingerprint density at radius 2 is 1.74 bits per heavy atom. The van der Waals surface area contributed by atoms with Crippen LogP contribution in [0, 0.1) is 0 Å². The van der Waals surface area contributed by atoms with Crippen LogP contribution < -0.4 is 9.64 Å². The van der Waals surface area contributed by atoms with Crippen molar-refractivity contribution in [3.63, 3.8) is 0 Å². The number of anilines is 1. The maximum absolute atomic E-state index is 10.0. The Balaban J connectivity index is 1.62. The van der Waals surface area contributed by atoms with Crippen molar-refractivity contribution in [2.24, 2.45) is 0 Å². The molecule has 7 nitrogen and oxygen atoms in total. The standard InChI is InChI=1S/C16H23N3O4/c20-11-8-12(14(22)13(11)21)23-15-9-4-3-5-10(9)17-16(18-15)19-6-1-2-7-19/h11-14,20-22H,1-8H2. The third-order valence-electron chi connectivity index (χ3n) is 5.13. The molecule has 2 aliphatic carbocycles. The first-order valence-corrected chi connectivity index (χ1v) is 8.49. The first-order chi connectivity index (χ1) is 11.1. The summed E-state index contributed by atoms with van der Waals surface area (Å²) in [7, 11) is 0. The van der Waals surface area contributed by atoms with E-state index in [9.17, 15) is 15.3 Å². The van der Waals surface area contributed by atoms with Gasteiger partial charge in [0.2, 0.25) is 11.8 Å². The molecule has 23 heavy (non-hydrogen) atoms. The molecule has 3 N–H and O–H groups in total. The number of ether oxygens (including phenoxy) is 1. The summed E-state index contributed by atoms with van der Waals surface area (Å²) >= 11 is 0. The fraction of sp³-hybridized carbons (Fsp3) is 0.750. The lowest BCUT2D eigenvalue weighted by Gasteiger charge is -2.21. The molecule has 1 saturated heterocycles. The zero-order chi connectivity index (χ0) is 16.0. The summed E-state index contributed by atoms with van der Waals surface area (Å²) in [5.74, 6) is 1.21. The van der Waals surface area contributed by atoms with Gasteiger partial charge in [-0.2, -0.15) is 4.98 Å². The molecule has 4 unspecified atom stereocenters. The lowest BCUT2D eigenvalue weighted by molar-refractivity contribution is -0.0374. The van der Waals surface area contributed by atoms with Gasteiger partial charge >= 0.3 is 0 Å². The van der Waals surface area contributed by atoms with E-state index < -0.39 is 24.4 Å². The Bertz CT molecular complexity index is 591. The van der Waals surface area contributed by atoms with Gasteiger partial charge in [0, 0.05) is 25.1 Å². The van der Waals surface area contributed by atoms with Gasteiger partial charge < -0.3 is 25.0 Å². The molecule has 2 fully saturated rings. The van der Waals surface area contributed by atoms with Crippen LogP contribution in [-0.4, -0.2) is 62.8 Å². The number of aliphatic hydroxyl groups is 3. The Morgan fingerprint density at radius 1 is 0.957 bits per heavy atom. The molecule has 0 spiro atoms. The van der Waals surface area contributed by atoms with E-state index in [2.05, 4.69) is 9.88 Å². The summed E-state index contributed by atoms with van der Waals surface area (Å²) in [4.78, 5) is 11.5. The molecule has 1 aliphatic heterocycles. The molecule has 1 aromatic rings. The number of aliphatic hydroxyl groups excluding tert-OH is 3. The molecule has 0 aromatic carbocycles. The predicted octanol–water partition coefficient (Wildman–Crippen LogP) is -0.201. The van der Waals surface area contributed by atoms with Gasteiger partial charge in [-0.25, -0.2) is 4.98 Å². The Hall–Kier alpha value is -1.44. The molecular weight excluding hydrogens is 298 g/mol. The summed E-state index contributed by atoms with van der Waals surface area (Å²) < 4.78 is 5.92. The summed E-state index contributed by atoms with van der Waals surface area (Å²) in [6.45, 7) is 1.92. The minimum Gasteiger partial charge on any atom is -0.471 e. The number of fused-ring (bicyclic) bond motifs is 1. The van der Waals surface area contributed by atoms with Gasteiger partial charge in [-0.15, -0.1) is 0 Å². The van der Waals surface area contributed by atoms with Crippen LogP contribution in [0.2, 0.25) is 0 Å². The van der Waals surface area contributed by atoms with Crippen LogP contribution in [0.5, 0.6) is 5.88 Å². The number of nitrogens with zero attached hydrogens (tertiary/aromatic N) is 3. The molecule has 0 radical (unpaired) electrons. The highest BCUT2D eigenvalue weighted by molar-refractivity contribution is 5.43. The van der Waals surface area contributed by atoms with Crippen LogP contribution in [0.1, 0.15) is 36.9 Å². The van der Waals surface area contributed by atoms with Crippen molar-refractivity contribution in [1.82, 2.24) is 9.97 Å². The topological polar surface area (TPSA) is 98.9 Å². The zero-order valence-corrected chi connectivity index (χ0v) is 13.1. The zero-order valence-electron chi connectivity index (χ0n) is 13.1. The third-order valence-corrected chi connectivity index (χ3v) is 5.13. The number of hydrogen-bond acceptors (Lipinski definition) is 7. The molecule has 4 atom stereocenters. The number of rotatable bonds is 3. The van der Waals surface area contributed by atoms with E-state index in [0.29, 0.717) is 11.8 Å². The van der Waals surface area contributed by atoms with E-state index in [-0.39, 0.29) is 6.42 Å². The largest absolute Gasteiger partial charge is 0.471 e. The Kier molecular flexibility index (Phi) is 3.87. The van der Waals surface area contributed by atoms with Crippen LogP contribution in [0.4, 0.5) is 5.95 Å². The van der Waals surface area contributed by atoms with Crippen molar-refractivity contribution < 1.29 is 20.1 Å². The highest BCUT2D eigenvalue weighted by Gasteiger charge is 2.43. The average Bonchev–Trinajstić information content (AvgIpc) is 3.26.